The average Bonchev–Trinajstić information content (AvgIpc) is 2.94. The molecule has 22 heavy (non-hydrogen) atoms. The highest BCUT2D eigenvalue weighted by molar-refractivity contribution is 5.68. The van der Waals surface area contributed by atoms with Crippen molar-refractivity contribution in [2.45, 2.75) is 27.4 Å². The molecule has 1 aromatic heterocycles. The number of benzene rings is 2. The van der Waals surface area contributed by atoms with Gasteiger partial charge in [-0.1, -0.05) is 41.6 Å². The van der Waals surface area contributed by atoms with Gasteiger partial charge in [0.25, 0.3) is 0 Å². The van der Waals surface area contributed by atoms with Crippen molar-refractivity contribution in [1.82, 2.24) is 15.0 Å². The van der Waals surface area contributed by atoms with Gasteiger partial charge in [0.05, 0.1) is 12.3 Å². The van der Waals surface area contributed by atoms with E-state index in [9.17, 15) is 5.11 Å². The molecule has 3 aromatic rings. The Labute approximate surface area is 130 Å². The van der Waals surface area contributed by atoms with Crippen LogP contribution in [0.25, 0.3) is 16.9 Å². The zero-order valence-electron chi connectivity index (χ0n) is 13.0. The maximum Gasteiger partial charge on any atom is 0.117 e. The lowest BCUT2D eigenvalue weighted by atomic mass is 10.0. The molecule has 0 amide bonds. The van der Waals surface area contributed by atoms with E-state index in [0.29, 0.717) is 5.69 Å². The topological polar surface area (TPSA) is 50.9 Å². The first-order chi connectivity index (χ1) is 10.6. The molecule has 3 rings (SSSR count). The number of aliphatic hydroxyl groups excluding tert-OH is 1. The van der Waals surface area contributed by atoms with Gasteiger partial charge >= 0.3 is 0 Å². The summed E-state index contributed by atoms with van der Waals surface area (Å²) in [6.45, 7) is 6.08. The first-order valence-corrected chi connectivity index (χ1v) is 7.31. The largest absolute Gasteiger partial charge is 0.390 e. The van der Waals surface area contributed by atoms with Gasteiger partial charge in [-0.25, -0.2) is 4.68 Å². The van der Waals surface area contributed by atoms with Crippen molar-refractivity contribution in [2.75, 3.05) is 0 Å². The van der Waals surface area contributed by atoms with Crippen molar-refractivity contribution in [3.05, 3.63) is 64.8 Å². The Balaban J connectivity index is 2.29. The van der Waals surface area contributed by atoms with E-state index in [1.165, 1.54) is 5.56 Å². The first kappa shape index (κ1) is 14.5. The average molecular weight is 293 g/mol. The monoisotopic (exact) mass is 293 g/mol. The summed E-state index contributed by atoms with van der Waals surface area (Å²) in [5.41, 5.74) is 6.97. The number of rotatable bonds is 3. The van der Waals surface area contributed by atoms with Crippen LogP contribution in [0.2, 0.25) is 0 Å². The highest BCUT2D eigenvalue weighted by Crippen LogP contribution is 2.29. The summed E-state index contributed by atoms with van der Waals surface area (Å²) in [4.78, 5) is 0. The molecular formula is C18H19N3O. The normalized spacial score (nSPS) is 10.9. The van der Waals surface area contributed by atoms with Crippen LogP contribution < -0.4 is 0 Å². The van der Waals surface area contributed by atoms with Crippen LogP contribution in [-0.2, 0) is 6.61 Å². The quantitative estimate of drug-likeness (QED) is 0.805. The van der Waals surface area contributed by atoms with E-state index < -0.39 is 0 Å². The van der Waals surface area contributed by atoms with Gasteiger partial charge in [0.2, 0.25) is 0 Å². The Morgan fingerprint density at radius 1 is 0.955 bits per heavy atom. The predicted molar refractivity (Wildman–Crippen MR) is 86.9 cm³/mol. The van der Waals surface area contributed by atoms with Gasteiger partial charge in [0.15, 0.2) is 0 Å². The molecule has 1 heterocycles. The van der Waals surface area contributed by atoms with Crippen LogP contribution in [0.5, 0.6) is 0 Å². The summed E-state index contributed by atoms with van der Waals surface area (Å²) >= 11 is 0. The molecule has 0 fully saturated rings. The Morgan fingerprint density at radius 3 is 2.41 bits per heavy atom. The third kappa shape index (κ3) is 2.31. The second kappa shape index (κ2) is 5.73. The lowest BCUT2D eigenvalue weighted by Crippen LogP contribution is -2.04. The third-order valence-electron chi connectivity index (χ3n) is 4.09. The van der Waals surface area contributed by atoms with Crippen molar-refractivity contribution in [2.24, 2.45) is 0 Å². The Hall–Kier alpha value is -2.46. The molecule has 0 aliphatic rings. The molecular weight excluding hydrogens is 274 g/mol. The van der Waals surface area contributed by atoms with E-state index in [0.717, 1.165) is 28.1 Å². The molecule has 4 heteroatoms. The zero-order valence-corrected chi connectivity index (χ0v) is 13.0. The number of nitrogens with zero attached hydrogens (tertiary/aromatic N) is 3. The van der Waals surface area contributed by atoms with Crippen LogP contribution in [-0.4, -0.2) is 20.1 Å². The Kier molecular flexibility index (Phi) is 3.77. The van der Waals surface area contributed by atoms with E-state index in [1.807, 2.05) is 35.0 Å². The van der Waals surface area contributed by atoms with Gasteiger partial charge in [-0.2, -0.15) is 0 Å². The van der Waals surface area contributed by atoms with Crippen LogP contribution in [0.1, 0.15) is 22.4 Å². The van der Waals surface area contributed by atoms with Crippen molar-refractivity contribution in [1.29, 1.82) is 0 Å². The number of aryl methyl sites for hydroxylation is 2. The fourth-order valence-electron chi connectivity index (χ4n) is 2.66. The molecule has 0 spiro atoms. The Morgan fingerprint density at radius 2 is 1.68 bits per heavy atom. The summed E-state index contributed by atoms with van der Waals surface area (Å²) < 4.78 is 1.83. The molecule has 0 unspecified atom stereocenters. The third-order valence-corrected chi connectivity index (χ3v) is 4.09. The molecule has 0 saturated heterocycles. The van der Waals surface area contributed by atoms with Gasteiger partial charge in [0, 0.05) is 5.56 Å². The van der Waals surface area contributed by atoms with Gasteiger partial charge in [-0.05, 0) is 43.5 Å². The minimum Gasteiger partial charge on any atom is -0.390 e. The minimum absolute atomic E-state index is 0.130. The first-order valence-electron chi connectivity index (χ1n) is 7.31. The van der Waals surface area contributed by atoms with Crippen LogP contribution >= 0.6 is 0 Å². The summed E-state index contributed by atoms with van der Waals surface area (Å²) in [5, 5.41) is 18.1. The number of aliphatic hydroxyl groups is 1. The highest BCUT2D eigenvalue weighted by Gasteiger charge is 2.18. The lowest BCUT2D eigenvalue weighted by molar-refractivity contribution is 0.277. The number of hydrogen-bond donors (Lipinski definition) is 1. The van der Waals surface area contributed by atoms with Crippen LogP contribution in [0, 0.1) is 20.8 Å². The summed E-state index contributed by atoms with van der Waals surface area (Å²) in [6, 6.07) is 14.2. The molecule has 0 saturated carbocycles. The second-order valence-electron chi connectivity index (χ2n) is 5.49. The molecule has 0 radical (unpaired) electrons. The number of aromatic nitrogens is 3. The molecule has 0 aliphatic heterocycles. The molecule has 1 N–H and O–H groups in total. The maximum atomic E-state index is 9.64. The maximum absolute atomic E-state index is 9.64. The lowest BCUT2D eigenvalue weighted by Gasteiger charge is -2.13. The summed E-state index contributed by atoms with van der Waals surface area (Å²) in [5.74, 6) is 0. The standard InChI is InChI=1S/C18H19N3O/c1-12-8-6-10-17(14(12)3)21-18(16(11-22)19-20-21)15-9-5-4-7-13(15)2/h4-10,22H,11H2,1-3H3. The molecule has 2 aromatic carbocycles. The molecule has 0 bridgehead atoms. The van der Waals surface area contributed by atoms with Crippen molar-refractivity contribution < 1.29 is 5.11 Å². The predicted octanol–water partition coefficient (Wildman–Crippen LogP) is 3.35. The Bertz CT molecular complexity index is 821. The van der Waals surface area contributed by atoms with E-state index >= 15 is 0 Å². The van der Waals surface area contributed by atoms with Gasteiger partial charge in [-0.3, -0.25) is 0 Å². The molecule has 0 aliphatic carbocycles. The summed E-state index contributed by atoms with van der Waals surface area (Å²) in [7, 11) is 0. The summed E-state index contributed by atoms with van der Waals surface area (Å²) in [6.07, 6.45) is 0. The van der Waals surface area contributed by atoms with Gasteiger partial charge in [0.1, 0.15) is 11.4 Å². The molecule has 4 nitrogen and oxygen atoms in total. The van der Waals surface area contributed by atoms with E-state index in [1.54, 1.807) is 0 Å². The van der Waals surface area contributed by atoms with Gasteiger partial charge in [-0.15, -0.1) is 5.10 Å². The van der Waals surface area contributed by atoms with E-state index in [4.69, 9.17) is 0 Å². The van der Waals surface area contributed by atoms with Crippen molar-refractivity contribution in [3.8, 4) is 16.9 Å². The highest BCUT2D eigenvalue weighted by atomic mass is 16.3. The molecule has 112 valence electrons. The fourth-order valence-corrected chi connectivity index (χ4v) is 2.66. The van der Waals surface area contributed by atoms with Crippen LogP contribution in [0.4, 0.5) is 0 Å². The smallest absolute Gasteiger partial charge is 0.117 e. The SMILES string of the molecule is Cc1ccccc1-c1c(CO)nnn1-c1cccc(C)c1C. The number of hydrogen-bond acceptors (Lipinski definition) is 3. The van der Waals surface area contributed by atoms with Crippen LogP contribution in [0.3, 0.4) is 0 Å². The van der Waals surface area contributed by atoms with Gasteiger partial charge < -0.3 is 5.11 Å². The zero-order chi connectivity index (χ0) is 15.7. The fraction of sp³-hybridized carbons (Fsp3) is 0.222. The molecule has 0 atom stereocenters. The van der Waals surface area contributed by atoms with E-state index in [2.05, 4.69) is 43.2 Å². The minimum atomic E-state index is -0.130. The van der Waals surface area contributed by atoms with E-state index in [-0.39, 0.29) is 6.61 Å². The second-order valence-corrected chi connectivity index (χ2v) is 5.49. The van der Waals surface area contributed by atoms with Crippen LogP contribution in [0.15, 0.2) is 42.5 Å². The van der Waals surface area contributed by atoms with Crippen molar-refractivity contribution >= 4 is 0 Å². The van der Waals surface area contributed by atoms with Crippen molar-refractivity contribution in [3.63, 3.8) is 0 Å².